The quantitative estimate of drug-likeness (QED) is 0.861. The number of hydrogen-bond donors (Lipinski definition) is 2. The topological polar surface area (TPSA) is 68.4 Å². The summed E-state index contributed by atoms with van der Waals surface area (Å²) in [5.74, 6) is 0.692. The molecule has 4 nitrogen and oxygen atoms in total. The summed E-state index contributed by atoms with van der Waals surface area (Å²) in [6.45, 7) is 1.89. The number of benzene rings is 1. The Bertz CT molecular complexity index is 515. The number of aliphatic hydroxyl groups is 1. The van der Waals surface area contributed by atoms with Gasteiger partial charge in [-0.2, -0.15) is 0 Å². The molecule has 1 aromatic heterocycles. The van der Waals surface area contributed by atoms with Crippen LogP contribution in [0.4, 0.5) is 0 Å². The van der Waals surface area contributed by atoms with Gasteiger partial charge in [0.25, 0.3) is 0 Å². The molecule has 0 amide bonds. The number of aromatic nitrogens is 1. The molecule has 1 heterocycles. The molecule has 2 atom stereocenters. The van der Waals surface area contributed by atoms with Crippen LogP contribution in [0.3, 0.4) is 0 Å². The second-order valence-corrected chi connectivity index (χ2v) is 4.49. The maximum atomic E-state index is 9.13. The normalized spacial score (nSPS) is 13.8. The second kappa shape index (κ2) is 6.31. The van der Waals surface area contributed by atoms with Crippen LogP contribution >= 0.6 is 0 Å². The number of pyridine rings is 1. The van der Waals surface area contributed by atoms with Crippen molar-refractivity contribution in [3.05, 3.63) is 59.9 Å². The Morgan fingerprint density at radius 1 is 1.32 bits per heavy atom. The highest BCUT2D eigenvalue weighted by molar-refractivity contribution is 5.29. The highest BCUT2D eigenvalue weighted by atomic mass is 16.5. The first-order valence-electron chi connectivity index (χ1n) is 6.22. The molecule has 1 aromatic carbocycles. The number of hydrogen-bond acceptors (Lipinski definition) is 4. The summed E-state index contributed by atoms with van der Waals surface area (Å²) in [6.07, 6.45) is 3.21. The van der Waals surface area contributed by atoms with E-state index in [9.17, 15) is 0 Å². The Morgan fingerprint density at radius 2 is 2.16 bits per heavy atom. The van der Waals surface area contributed by atoms with Gasteiger partial charge < -0.3 is 15.6 Å². The summed E-state index contributed by atoms with van der Waals surface area (Å²) in [6, 6.07) is 11.0. The monoisotopic (exact) mass is 258 g/mol. The first-order chi connectivity index (χ1) is 9.20. The smallest absolute Gasteiger partial charge is 0.140 e. The number of ether oxygens (including phenoxy) is 1. The van der Waals surface area contributed by atoms with Gasteiger partial charge >= 0.3 is 0 Å². The lowest BCUT2D eigenvalue weighted by atomic mass is 10.1. The zero-order valence-corrected chi connectivity index (χ0v) is 10.9. The SMILES string of the molecule is CC(N)C(Oc1cccc(CO)c1)c1cccnc1. The van der Waals surface area contributed by atoms with Crippen LogP contribution in [0.5, 0.6) is 5.75 Å². The van der Waals surface area contributed by atoms with E-state index in [2.05, 4.69) is 4.98 Å². The van der Waals surface area contributed by atoms with Gasteiger partial charge in [0.2, 0.25) is 0 Å². The third kappa shape index (κ3) is 3.53. The molecule has 0 aliphatic rings. The molecule has 2 rings (SSSR count). The highest BCUT2D eigenvalue weighted by Gasteiger charge is 2.18. The Balaban J connectivity index is 2.21. The molecule has 4 heteroatoms. The lowest BCUT2D eigenvalue weighted by Crippen LogP contribution is -2.29. The number of nitrogens with zero attached hydrogens (tertiary/aromatic N) is 1. The predicted molar refractivity (Wildman–Crippen MR) is 73.6 cm³/mol. The summed E-state index contributed by atoms with van der Waals surface area (Å²) in [7, 11) is 0. The molecule has 0 spiro atoms. The van der Waals surface area contributed by atoms with Gasteiger partial charge in [0.15, 0.2) is 0 Å². The molecule has 0 radical (unpaired) electrons. The Morgan fingerprint density at radius 3 is 2.79 bits per heavy atom. The van der Waals surface area contributed by atoms with Crippen molar-refractivity contribution in [3.8, 4) is 5.75 Å². The van der Waals surface area contributed by atoms with E-state index in [0.29, 0.717) is 5.75 Å². The van der Waals surface area contributed by atoms with Crippen LogP contribution in [-0.2, 0) is 6.61 Å². The minimum atomic E-state index is -0.261. The van der Waals surface area contributed by atoms with Gasteiger partial charge in [-0.05, 0) is 30.7 Å². The van der Waals surface area contributed by atoms with Gasteiger partial charge in [-0.25, -0.2) is 0 Å². The molecule has 0 bridgehead atoms. The first kappa shape index (κ1) is 13.5. The van der Waals surface area contributed by atoms with Crippen LogP contribution in [-0.4, -0.2) is 16.1 Å². The molecule has 2 unspecified atom stereocenters. The lowest BCUT2D eigenvalue weighted by molar-refractivity contribution is 0.179. The van der Waals surface area contributed by atoms with Gasteiger partial charge in [0.05, 0.1) is 6.61 Å². The van der Waals surface area contributed by atoms with Crippen molar-refractivity contribution in [1.82, 2.24) is 4.98 Å². The van der Waals surface area contributed by atoms with E-state index in [1.165, 1.54) is 0 Å². The van der Waals surface area contributed by atoms with Crippen LogP contribution in [0.2, 0.25) is 0 Å². The molecular weight excluding hydrogens is 240 g/mol. The van der Waals surface area contributed by atoms with Crippen LogP contribution < -0.4 is 10.5 Å². The third-order valence-electron chi connectivity index (χ3n) is 2.83. The van der Waals surface area contributed by atoms with Crippen molar-refractivity contribution in [2.45, 2.75) is 25.7 Å². The molecule has 0 aliphatic heterocycles. The fourth-order valence-electron chi connectivity index (χ4n) is 1.89. The maximum Gasteiger partial charge on any atom is 0.140 e. The maximum absolute atomic E-state index is 9.13. The summed E-state index contributed by atoms with van der Waals surface area (Å²) in [5.41, 5.74) is 7.73. The van der Waals surface area contributed by atoms with Crippen molar-refractivity contribution < 1.29 is 9.84 Å². The standard InChI is InChI=1S/C15H18N2O2/c1-11(16)15(13-5-3-7-17-9-13)19-14-6-2-4-12(8-14)10-18/h2-9,11,15,18H,10,16H2,1H3. The van der Waals surface area contributed by atoms with Gasteiger partial charge in [0, 0.05) is 24.0 Å². The van der Waals surface area contributed by atoms with Crippen molar-refractivity contribution in [2.24, 2.45) is 5.73 Å². The zero-order valence-electron chi connectivity index (χ0n) is 10.9. The van der Waals surface area contributed by atoms with E-state index in [-0.39, 0.29) is 18.8 Å². The molecule has 100 valence electrons. The van der Waals surface area contributed by atoms with E-state index in [1.54, 1.807) is 12.4 Å². The Kier molecular flexibility index (Phi) is 4.49. The molecule has 0 aliphatic carbocycles. The minimum absolute atomic E-state index is 0.00701. The molecular formula is C15H18N2O2. The third-order valence-corrected chi connectivity index (χ3v) is 2.83. The van der Waals surface area contributed by atoms with Crippen LogP contribution in [0.25, 0.3) is 0 Å². The van der Waals surface area contributed by atoms with Crippen molar-refractivity contribution in [1.29, 1.82) is 0 Å². The van der Waals surface area contributed by atoms with E-state index in [1.807, 2.05) is 43.3 Å². The average Bonchev–Trinajstić information content (AvgIpc) is 2.45. The number of aliphatic hydroxyl groups excluding tert-OH is 1. The van der Waals surface area contributed by atoms with E-state index in [4.69, 9.17) is 15.6 Å². The van der Waals surface area contributed by atoms with Gasteiger partial charge in [-0.3, -0.25) is 4.98 Å². The highest BCUT2D eigenvalue weighted by Crippen LogP contribution is 2.24. The summed E-state index contributed by atoms with van der Waals surface area (Å²) >= 11 is 0. The molecule has 3 N–H and O–H groups in total. The molecule has 0 saturated carbocycles. The largest absolute Gasteiger partial charge is 0.484 e. The fourth-order valence-corrected chi connectivity index (χ4v) is 1.89. The average molecular weight is 258 g/mol. The number of nitrogens with two attached hydrogens (primary N) is 1. The van der Waals surface area contributed by atoms with E-state index in [0.717, 1.165) is 11.1 Å². The summed E-state index contributed by atoms with van der Waals surface area (Å²) in [5, 5.41) is 9.13. The minimum Gasteiger partial charge on any atom is -0.484 e. The number of rotatable bonds is 5. The molecule has 0 saturated heterocycles. The summed E-state index contributed by atoms with van der Waals surface area (Å²) < 4.78 is 5.93. The van der Waals surface area contributed by atoms with Crippen LogP contribution in [0, 0.1) is 0 Å². The zero-order chi connectivity index (χ0) is 13.7. The molecule has 2 aromatic rings. The van der Waals surface area contributed by atoms with Crippen molar-refractivity contribution in [2.75, 3.05) is 0 Å². The first-order valence-corrected chi connectivity index (χ1v) is 6.22. The van der Waals surface area contributed by atoms with E-state index < -0.39 is 0 Å². The van der Waals surface area contributed by atoms with Crippen molar-refractivity contribution >= 4 is 0 Å². The second-order valence-electron chi connectivity index (χ2n) is 4.49. The van der Waals surface area contributed by atoms with Gasteiger partial charge in [-0.1, -0.05) is 18.2 Å². The fraction of sp³-hybridized carbons (Fsp3) is 0.267. The van der Waals surface area contributed by atoms with Crippen molar-refractivity contribution in [3.63, 3.8) is 0 Å². The molecule has 0 fully saturated rings. The lowest BCUT2D eigenvalue weighted by Gasteiger charge is -2.22. The predicted octanol–water partition coefficient (Wildman–Crippen LogP) is 2.04. The Labute approximate surface area is 112 Å². The van der Waals surface area contributed by atoms with Crippen LogP contribution in [0.1, 0.15) is 24.2 Å². The molecule has 19 heavy (non-hydrogen) atoms. The Hall–Kier alpha value is -1.91. The van der Waals surface area contributed by atoms with E-state index >= 15 is 0 Å². The summed E-state index contributed by atoms with van der Waals surface area (Å²) in [4.78, 5) is 4.09. The van der Waals surface area contributed by atoms with Gasteiger partial charge in [0.1, 0.15) is 11.9 Å². The van der Waals surface area contributed by atoms with Crippen LogP contribution in [0.15, 0.2) is 48.8 Å². The van der Waals surface area contributed by atoms with Gasteiger partial charge in [-0.15, -0.1) is 0 Å².